The van der Waals surface area contributed by atoms with Crippen LogP contribution >= 0.6 is 0 Å². The maximum absolute atomic E-state index is 5.52. The van der Waals surface area contributed by atoms with Gasteiger partial charge >= 0.3 is 0 Å². The molecule has 1 saturated heterocycles. The molecule has 5 rings (SSSR count). The number of hydrogen-bond acceptors (Lipinski definition) is 2. The molecule has 0 spiro atoms. The molecule has 2 aromatic rings. The predicted molar refractivity (Wildman–Crippen MR) is 99.0 cm³/mol. The van der Waals surface area contributed by atoms with Gasteiger partial charge in [-0.05, 0) is 53.2 Å². The topological polar surface area (TPSA) is 12.5 Å². The molecule has 1 aliphatic heterocycles. The number of hydrogen-bond donors (Lipinski definition) is 0. The van der Waals surface area contributed by atoms with Crippen molar-refractivity contribution in [3.63, 3.8) is 0 Å². The Morgan fingerprint density at radius 2 is 1.88 bits per heavy atom. The van der Waals surface area contributed by atoms with Crippen LogP contribution in [0.25, 0.3) is 16.3 Å². The zero-order chi connectivity index (χ0) is 16.0. The van der Waals surface area contributed by atoms with E-state index in [0.29, 0.717) is 5.41 Å². The van der Waals surface area contributed by atoms with Crippen LogP contribution in [0.3, 0.4) is 0 Å². The third kappa shape index (κ3) is 2.49. The van der Waals surface area contributed by atoms with E-state index in [1.165, 1.54) is 42.1 Å². The van der Waals surface area contributed by atoms with Gasteiger partial charge in [0.05, 0.1) is 13.2 Å². The van der Waals surface area contributed by atoms with Crippen LogP contribution in [-0.4, -0.2) is 37.7 Å². The van der Waals surface area contributed by atoms with Gasteiger partial charge in [-0.3, -0.25) is 4.90 Å². The van der Waals surface area contributed by atoms with Gasteiger partial charge in [0.2, 0.25) is 0 Å². The van der Waals surface area contributed by atoms with Crippen LogP contribution in [0, 0.1) is 11.3 Å². The molecule has 2 bridgehead atoms. The minimum absolute atomic E-state index is 0.420. The summed E-state index contributed by atoms with van der Waals surface area (Å²) in [6.45, 7) is 5.24. The van der Waals surface area contributed by atoms with Gasteiger partial charge in [-0.25, -0.2) is 0 Å². The van der Waals surface area contributed by atoms with Crippen molar-refractivity contribution in [3.8, 4) is 0 Å². The molecule has 1 heterocycles. The van der Waals surface area contributed by atoms with Crippen molar-refractivity contribution in [2.75, 3.05) is 32.8 Å². The Labute approximate surface area is 144 Å². The summed E-state index contributed by atoms with van der Waals surface area (Å²) in [5, 5.41) is 2.70. The van der Waals surface area contributed by atoms with E-state index < -0.39 is 0 Å². The fraction of sp³-hybridized carbons (Fsp3) is 0.455. The molecule has 2 heteroatoms. The molecule has 2 fully saturated rings. The molecule has 0 amide bonds. The summed E-state index contributed by atoms with van der Waals surface area (Å²) in [5.41, 5.74) is 3.48. The number of morpholine rings is 1. The second-order valence-corrected chi connectivity index (χ2v) is 7.85. The third-order valence-corrected chi connectivity index (χ3v) is 6.27. The molecular formula is C22H25NO. The summed E-state index contributed by atoms with van der Waals surface area (Å²) >= 11 is 0. The number of ether oxygens (including phenoxy) is 1. The zero-order valence-corrected chi connectivity index (χ0v) is 14.2. The molecule has 2 aliphatic carbocycles. The van der Waals surface area contributed by atoms with E-state index in [2.05, 4.69) is 53.4 Å². The average molecular weight is 319 g/mol. The van der Waals surface area contributed by atoms with Crippen LogP contribution in [-0.2, 0) is 4.74 Å². The van der Waals surface area contributed by atoms with Crippen LogP contribution in [0.5, 0.6) is 0 Å². The molecule has 3 aliphatic rings. The lowest BCUT2D eigenvalue weighted by atomic mass is 9.84. The Hall–Kier alpha value is -1.64. The van der Waals surface area contributed by atoms with Gasteiger partial charge in [0.15, 0.2) is 0 Å². The van der Waals surface area contributed by atoms with Crippen molar-refractivity contribution in [1.82, 2.24) is 4.90 Å². The van der Waals surface area contributed by atoms with E-state index in [4.69, 9.17) is 4.74 Å². The van der Waals surface area contributed by atoms with Crippen LogP contribution in [0.4, 0.5) is 0 Å². The summed E-state index contributed by atoms with van der Waals surface area (Å²) in [4.78, 5) is 2.62. The fourth-order valence-electron chi connectivity index (χ4n) is 5.08. The van der Waals surface area contributed by atoms with Crippen LogP contribution < -0.4 is 0 Å². The van der Waals surface area contributed by atoms with Crippen molar-refractivity contribution < 1.29 is 4.74 Å². The molecule has 2 nitrogen and oxygen atoms in total. The van der Waals surface area contributed by atoms with Gasteiger partial charge in [-0.1, -0.05) is 42.5 Å². The van der Waals surface area contributed by atoms with Crippen molar-refractivity contribution in [3.05, 3.63) is 54.1 Å². The average Bonchev–Trinajstić information content (AvgIpc) is 3.20. The maximum atomic E-state index is 5.52. The zero-order valence-electron chi connectivity index (χ0n) is 14.2. The van der Waals surface area contributed by atoms with E-state index in [9.17, 15) is 0 Å². The van der Waals surface area contributed by atoms with E-state index >= 15 is 0 Å². The third-order valence-electron chi connectivity index (χ3n) is 6.27. The molecule has 0 radical (unpaired) electrons. The van der Waals surface area contributed by atoms with Crippen molar-refractivity contribution >= 4 is 16.3 Å². The maximum Gasteiger partial charge on any atom is 0.0594 e. The first-order valence-electron chi connectivity index (χ1n) is 9.33. The number of nitrogens with zero attached hydrogens (tertiary/aromatic N) is 1. The van der Waals surface area contributed by atoms with Crippen LogP contribution in [0.1, 0.15) is 24.8 Å². The first-order chi connectivity index (χ1) is 11.8. The predicted octanol–water partition coefficient (Wildman–Crippen LogP) is 4.36. The van der Waals surface area contributed by atoms with Gasteiger partial charge in [0.1, 0.15) is 0 Å². The van der Waals surface area contributed by atoms with Gasteiger partial charge < -0.3 is 4.74 Å². The van der Waals surface area contributed by atoms with E-state index in [1.54, 1.807) is 5.57 Å². The highest BCUT2D eigenvalue weighted by molar-refractivity contribution is 5.87. The largest absolute Gasteiger partial charge is 0.379 e. The van der Waals surface area contributed by atoms with Crippen LogP contribution in [0.2, 0.25) is 0 Å². The minimum atomic E-state index is 0.420. The Balaban J connectivity index is 1.45. The molecular weight excluding hydrogens is 294 g/mol. The minimum Gasteiger partial charge on any atom is -0.379 e. The lowest BCUT2D eigenvalue weighted by Gasteiger charge is -2.34. The van der Waals surface area contributed by atoms with Gasteiger partial charge in [0, 0.05) is 25.0 Å². The van der Waals surface area contributed by atoms with E-state index in [-0.39, 0.29) is 0 Å². The second-order valence-electron chi connectivity index (χ2n) is 7.85. The van der Waals surface area contributed by atoms with Gasteiger partial charge in [-0.15, -0.1) is 0 Å². The smallest absolute Gasteiger partial charge is 0.0594 e. The summed E-state index contributed by atoms with van der Waals surface area (Å²) in [7, 11) is 0. The Kier molecular flexibility index (Phi) is 3.50. The highest BCUT2D eigenvalue weighted by Crippen LogP contribution is 2.56. The van der Waals surface area contributed by atoms with E-state index in [1.807, 2.05) is 0 Å². The van der Waals surface area contributed by atoms with Crippen molar-refractivity contribution in [2.45, 2.75) is 19.3 Å². The van der Waals surface area contributed by atoms with Crippen molar-refractivity contribution in [2.24, 2.45) is 11.3 Å². The lowest BCUT2D eigenvalue weighted by Crippen LogP contribution is -2.42. The first kappa shape index (κ1) is 14.7. The SMILES string of the molecule is C1=C(c2ccc3ccccc3c2)C2CCC1(CN1CCOCC1)C2. The molecule has 2 atom stereocenters. The Morgan fingerprint density at radius 1 is 1.04 bits per heavy atom. The number of benzene rings is 2. The molecule has 2 aromatic carbocycles. The summed E-state index contributed by atoms with van der Waals surface area (Å²) in [5.74, 6) is 0.771. The lowest BCUT2D eigenvalue weighted by molar-refractivity contribution is 0.0239. The van der Waals surface area contributed by atoms with Crippen LogP contribution in [0.15, 0.2) is 48.5 Å². The number of rotatable bonds is 3. The number of allylic oxidation sites excluding steroid dienone is 1. The normalized spacial score (nSPS) is 30.0. The second kappa shape index (κ2) is 5.72. The molecule has 0 N–H and O–H groups in total. The Bertz CT molecular complexity index is 789. The molecule has 124 valence electrons. The van der Waals surface area contributed by atoms with E-state index in [0.717, 1.165) is 32.2 Å². The standard InChI is InChI=1S/C22H25NO/c1-2-4-18-13-19(6-5-17(18)3-1)21-15-22(8-7-20(21)14-22)16-23-9-11-24-12-10-23/h1-6,13,15,20H,7-12,14,16H2. The quantitative estimate of drug-likeness (QED) is 0.833. The highest BCUT2D eigenvalue weighted by Gasteiger charge is 2.45. The molecule has 0 aromatic heterocycles. The number of fused-ring (bicyclic) bond motifs is 3. The van der Waals surface area contributed by atoms with Crippen molar-refractivity contribution in [1.29, 1.82) is 0 Å². The highest BCUT2D eigenvalue weighted by atomic mass is 16.5. The summed E-state index contributed by atoms with van der Waals surface area (Å²) < 4.78 is 5.52. The monoisotopic (exact) mass is 319 g/mol. The Morgan fingerprint density at radius 3 is 2.75 bits per heavy atom. The molecule has 24 heavy (non-hydrogen) atoms. The molecule has 1 saturated carbocycles. The van der Waals surface area contributed by atoms with Gasteiger partial charge in [0.25, 0.3) is 0 Å². The first-order valence-corrected chi connectivity index (χ1v) is 9.33. The fourth-order valence-corrected chi connectivity index (χ4v) is 5.08. The molecule has 2 unspecified atom stereocenters. The van der Waals surface area contributed by atoms with Gasteiger partial charge in [-0.2, -0.15) is 0 Å². The summed E-state index contributed by atoms with van der Waals surface area (Å²) in [6, 6.07) is 15.7. The summed E-state index contributed by atoms with van der Waals surface area (Å²) in [6.07, 6.45) is 6.72.